The summed E-state index contributed by atoms with van der Waals surface area (Å²) in [5.74, 6) is 0. The van der Waals surface area contributed by atoms with Crippen molar-refractivity contribution in [3.63, 3.8) is 0 Å². The van der Waals surface area contributed by atoms with Crippen LogP contribution in [0.4, 0.5) is 17.1 Å². The zero-order valence-corrected chi connectivity index (χ0v) is 21.6. The summed E-state index contributed by atoms with van der Waals surface area (Å²) in [4.78, 5) is 20.7. The average molecular weight is 514 g/mol. The van der Waals surface area contributed by atoms with Crippen LogP contribution in [0.1, 0.15) is 90.9 Å². The molecule has 3 atom stereocenters. The number of unbranched alkanes of at least 4 members (excludes halogenated alkanes) is 7. The summed E-state index contributed by atoms with van der Waals surface area (Å²) in [6, 6.07) is 4.24. The molecule has 0 aliphatic carbocycles. The number of aliphatic hydroxyl groups is 1. The predicted octanol–water partition coefficient (Wildman–Crippen LogP) is 6.12. The minimum atomic E-state index is -0.659. The normalized spacial score (nSPS) is 20.2. The van der Waals surface area contributed by atoms with Crippen LogP contribution < -0.4 is 10.7 Å². The van der Waals surface area contributed by atoms with Gasteiger partial charge in [-0.1, -0.05) is 44.9 Å². The summed E-state index contributed by atoms with van der Waals surface area (Å²) in [6.45, 7) is 3.93. The van der Waals surface area contributed by atoms with E-state index in [-0.39, 0.29) is 41.6 Å². The maximum Gasteiger partial charge on any atom is 0.301 e. The predicted molar refractivity (Wildman–Crippen MR) is 142 cm³/mol. The zero-order chi connectivity index (χ0) is 24.9. The Balaban J connectivity index is 0.00000612. The molecular weight excluding hydrogens is 474 g/mol. The van der Waals surface area contributed by atoms with Crippen LogP contribution in [-0.4, -0.2) is 38.9 Å². The van der Waals surface area contributed by atoms with Crippen molar-refractivity contribution in [2.24, 2.45) is 5.10 Å². The van der Waals surface area contributed by atoms with Crippen LogP contribution in [0.2, 0.25) is 0 Å². The molecule has 3 N–H and O–H groups in total. The molecule has 1 aromatic rings. The second-order valence-corrected chi connectivity index (χ2v) is 9.34. The molecule has 0 aromatic heterocycles. The Morgan fingerprint density at radius 3 is 2.29 bits per heavy atom. The number of benzene rings is 1. The van der Waals surface area contributed by atoms with Crippen LogP contribution >= 0.6 is 12.4 Å². The molecule has 1 heterocycles. The fourth-order valence-electron chi connectivity index (χ4n) is 4.34. The summed E-state index contributed by atoms with van der Waals surface area (Å²) in [5, 5.41) is 39.5. The van der Waals surface area contributed by atoms with Gasteiger partial charge in [0.1, 0.15) is 5.69 Å². The number of hydrazone groups is 1. The molecule has 35 heavy (non-hydrogen) atoms. The third-order valence-electron chi connectivity index (χ3n) is 6.48. The Kier molecular flexibility index (Phi) is 14.4. The first-order valence-corrected chi connectivity index (χ1v) is 12.4. The van der Waals surface area contributed by atoms with E-state index in [1.807, 2.05) is 6.92 Å². The van der Waals surface area contributed by atoms with Crippen LogP contribution in [0.3, 0.4) is 0 Å². The molecule has 1 fully saturated rings. The molecule has 0 bridgehead atoms. The molecule has 0 saturated carbocycles. The number of hydrogen-bond donors (Lipinski definition) is 3. The number of halogens is 1. The average Bonchev–Trinajstić information content (AvgIpc) is 2.80. The van der Waals surface area contributed by atoms with Crippen molar-refractivity contribution >= 4 is 35.2 Å². The molecule has 1 aromatic carbocycles. The number of nitro benzene ring substituents is 2. The van der Waals surface area contributed by atoms with Gasteiger partial charge in [0.2, 0.25) is 0 Å². The van der Waals surface area contributed by atoms with Gasteiger partial charge in [-0.15, -0.1) is 12.4 Å². The number of non-ortho nitro benzene ring substituents is 1. The first kappa shape index (κ1) is 30.7. The summed E-state index contributed by atoms with van der Waals surface area (Å²) >= 11 is 0. The lowest BCUT2D eigenvalue weighted by Gasteiger charge is -2.32. The van der Waals surface area contributed by atoms with Crippen molar-refractivity contribution in [1.82, 2.24) is 5.32 Å². The van der Waals surface area contributed by atoms with Gasteiger partial charge in [-0.3, -0.25) is 25.7 Å². The topological polar surface area (TPSA) is 143 Å². The van der Waals surface area contributed by atoms with Gasteiger partial charge < -0.3 is 10.4 Å². The fraction of sp³-hybridized carbons (Fsp3) is 0.708. The Morgan fingerprint density at radius 1 is 1.06 bits per heavy atom. The molecule has 1 saturated heterocycles. The van der Waals surface area contributed by atoms with Crippen LogP contribution in [-0.2, 0) is 0 Å². The van der Waals surface area contributed by atoms with E-state index in [0.29, 0.717) is 6.04 Å². The molecule has 0 radical (unpaired) electrons. The molecule has 2 rings (SSSR count). The molecule has 10 nitrogen and oxygen atoms in total. The second-order valence-electron chi connectivity index (χ2n) is 9.34. The maximum absolute atomic E-state index is 11.2. The van der Waals surface area contributed by atoms with Gasteiger partial charge in [0, 0.05) is 23.9 Å². The Bertz CT molecular complexity index is 839. The summed E-state index contributed by atoms with van der Waals surface area (Å²) in [7, 11) is 0. The second kappa shape index (κ2) is 16.4. The van der Waals surface area contributed by atoms with E-state index in [1.54, 1.807) is 0 Å². The van der Waals surface area contributed by atoms with Crippen molar-refractivity contribution in [2.45, 2.75) is 109 Å². The van der Waals surface area contributed by atoms with Gasteiger partial charge in [-0.05, 0) is 52.0 Å². The van der Waals surface area contributed by atoms with E-state index in [9.17, 15) is 25.3 Å². The Hall–Kier alpha value is -2.30. The zero-order valence-electron chi connectivity index (χ0n) is 20.8. The number of anilines is 1. The minimum absolute atomic E-state index is 0. The van der Waals surface area contributed by atoms with Gasteiger partial charge in [0.25, 0.3) is 5.69 Å². The van der Waals surface area contributed by atoms with E-state index >= 15 is 0 Å². The highest BCUT2D eigenvalue weighted by Crippen LogP contribution is 2.29. The highest BCUT2D eigenvalue weighted by atomic mass is 35.5. The molecule has 198 valence electrons. The van der Waals surface area contributed by atoms with Crippen molar-refractivity contribution in [1.29, 1.82) is 0 Å². The van der Waals surface area contributed by atoms with Gasteiger partial charge in [-0.25, -0.2) is 0 Å². The number of nitrogens with zero attached hydrogens (tertiary/aromatic N) is 3. The molecule has 1 aliphatic rings. The van der Waals surface area contributed by atoms with E-state index in [2.05, 4.69) is 22.8 Å². The standard InChI is InChI=1S/C24H39N5O5.ClH/c1-18(26-27-22-15-14-21(28(31)32)17-23(22)29(33)34)11-9-7-5-3-4-6-8-10-12-20-13-16-24(30)19(2)25-20;/h14-15,17,19-20,24-25,27,30H,3-13,16H2,1-2H3;1H/b26-18-;/t19-,20+,24-;/m1./s1. The largest absolute Gasteiger partial charge is 0.392 e. The van der Waals surface area contributed by atoms with Gasteiger partial charge in [-0.2, -0.15) is 5.10 Å². The quantitative estimate of drug-likeness (QED) is 0.111. The first-order chi connectivity index (χ1) is 16.3. The lowest BCUT2D eigenvalue weighted by molar-refractivity contribution is -0.393. The minimum Gasteiger partial charge on any atom is -0.392 e. The van der Waals surface area contributed by atoms with Crippen molar-refractivity contribution < 1.29 is 15.0 Å². The molecule has 0 amide bonds. The summed E-state index contributed by atoms with van der Waals surface area (Å²) in [6.07, 6.45) is 13.4. The number of nitro groups is 2. The van der Waals surface area contributed by atoms with Gasteiger partial charge >= 0.3 is 5.69 Å². The smallest absolute Gasteiger partial charge is 0.301 e. The van der Waals surface area contributed by atoms with Crippen LogP contribution in [0.25, 0.3) is 0 Å². The first-order valence-electron chi connectivity index (χ1n) is 12.4. The highest BCUT2D eigenvalue weighted by molar-refractivity contribution is 5.85. The monoisotopic (exact) mass is 513 g/mol. The Labute approximate surface area is 213 Å². The number of rotatable bonds is 15. The van der Waals surface area contributed by atoms with E-state index in [4.69, 9.17) is 0 Å². The summed E-state index contributed by atoms with van der Waals surface area (Å²) in [5.41, 5.74) is 2.96. The number of hydrogen-bond acceptors (Lipinski definition) is 8. The van der Waals surface area contributed by atoms with Gasteiger partial charge in [0.05, 0.1) is 22.0 Å². The van der Waals surface area contributed by atoms with E-state index < -0.39 is 9.85 Å². The lowest BCUT2D eigenvalue weighted by Crippen LogP contribution is -2.48. The highest BCUT2D eigenvalue weighted by Gasteiger charge is 2.24. The van der Waals surface area contributed by atoms with Crippen LogP contribution in [0, 0.1) is 20.2 Å². The number of nitrogens with one attached hydrogen (secondary N) is 2. The van der Waals surface area contributed by atoms with Crippen LogP contribution in [0.5, 0.6) is 0 Å². The molecule has 1 aliphatic heterocycles. The van der Waals surface area contributed by atoms with Crippen molar-refractivity contribution in [2.75, 3.05) is 5.43 Å². The molecular formula is C24H40ClN5O5. The van der Waals surface area contributed by atoms with E-state index in [1.165, 1.54) is 57.1 Å². The fourth-order valence-corrected chi connectivity index (χ4v) is 4.34. The molecule has 11 heteroatoms. The lowest BCUT2D eigenvalue weighted by atomic mass is 9.93. The van der Waals surface area contributed by atoms with Crippen molar-refractivity contribution in [3.05, 3.63) is 38.4 Å². The Morgan fingerprint density at radius 2 is 1.69 bits per heavy atom. The number of aliphatic hydroxyl groups excluding tert-OH is 1. The third-order valence-corrected chi connectivity index (χ3v) is 6.48. The van der Waals surface area contributed by atoms with Crippen LogP contribution in [0.15, 0.2) is 23.3 Å². The van der Waals surface area contributed by atoms with Crippen molar-refractivity contribution in [3.8, 4) is 0 Å². The van der Waals surface area contributed by atoms with Gasteiger partial charge in [0.15, 0.2) is 0 Å². The van der Waals surface area contributed by atoms with E-state index in [0.717, 1.165) is 43.9 Å². The SMILES string of the molecule is C/C(CCCCCCCCCC[C@H]1CC[C@@H](O)[C@@H](C)N1)=N/Nc1ccc([N+](=O)[O-])cc1[N+](=O)[O-].Cl. The molecule has 0 spiro atoms. The maximum atomic E-state index is 11.2. The third kappa shape index (κ3) is 11.3. The molecule has 0 unspecified atom stereocenters. The number of piperidine rings is 1. The summed E-state index contributed by atoms with van der Waals surface area (Å²) < 4.78 is 0.